The van der Waals surface area contributed by atoms with Crippen LogP contribution in [-0.2, 0) is 0 Å². The summed E-state index contributed by atoms with van der Waals surface area (Å²) in [5.74, 6) is 0.820. The van der Waals surface area contributed by atoms with Crippen LogP contribution in [-0.4, -0.2) is 15.0 Å². The maximum atomic E-state index is 4.76. The highest BCUT2D eigenvalue weighted by molar-refractivity contribution is 7.13. The van der Waals surface area contributed by atoms with E-state index in [2.05, 4.69) is 53.7 Å². The van der Waals surface area contributed by atoms with Crippen LogP contribution in [0, 0.1) is 13.8 Å². The van der Waals surface area contributed by atoms with Gasteiger partial charge in [0, 0.05) is 22.2 Å². The largest absolute Gasteiger partial charge is 0.340 e. The van der Waals surface area contributed by atoms with Crippen molar-refractivity contribution in [2.24, 2.45) is 0 Å². The minimum absolute atomic E-state index is 0.820. The van der Waals surface area contributed by atoms with Crippen molar-refractivity contribution in [1.82, 2.24) is 15.0 Å². The van der Waals surface area contributed by atoms with Crippen molar-refractivity contribution in [3.05, 3.63) is 71.2 Å². The van der Waals surface area contributed by atoms with E-state index in [1.807, 2.05) is 25.1 Å². The smallest absolute Gasteiger partial charge is 0.157 e. The van der Waals surface area contributed by atoms with Gasteiger partial charge < -0.3 is 4.98 Å². The van der Waals surface area contributed by atoms with E-state index < -0.39 is 0 Å². The highest BCUT2D eigenvalue weighted by Crippen LogP contribution is 2.30. The van der Waals surface area contributed by atoms with Gasteiger partial charge in [0.15, 0.2) is 5.82 Å². The van der Waals surface area contributed by atoms with E-state index in [1.54, 1.807) is 11.3 Å². The van der Waals surface area contributed by atoms with E-state index in [1.165, 1.54) is 5.56 Å². The molecule has 0 aliphatic heterocycles. The summed E-state index contributed by atoms with van der Waals surface area (Å²) >= 11 is 1.64. The topological polar surface area (TPSA) is 41.6 Å². The number of rotatable bonds is 3. The molecule has 24 heavy (non-hydrogen) atoms. The molecule has 2 heterocycles. The van der Waals surface area contributed by atoms with E-state index in [-0.39, 0.29) is 0 Å². The van der Waals surface area contributed by atoms with Crippen LogP contribution in [0.15, 0.2) is 60.0 Å². The Balaban J connectivity index is 1.69. The third kappa shape index (κ3) is 2.76. The number of aromatic nitrogens is 3. The molecule has 0 unspecified atom stereocenters. The molecule has 1 N–H and O–H groups in total. The Kier molecular flexibility index (Phi) is 3.75. The van der Waals surface area contributed by atoms with Crippen LogP contribution in [0.1, 0.15) is 11.3 Å². The van der Waals surface area contributed by atoms with Crippen LogP contribution >= 0.6 is 11.3 Å². The van der Waals surface area contributed by atoms with Gasteiger partial charge in [-0.15, -0.1) is 11.3 Å². The number of aryl methyl sites for hydroxylation is 2. The first-order chi connectivity index (χ1) is 11.7. The minimum atomic E-state index is 0.820. The van der Waals surface area contributed by atoms with Gasteiger partial charge in [-0.1, -0.05) is 60.2 Å². The Bertz CT molecular complexity index is 966. The Morgan fingerprint density at radius 1 is 0.833 bits per heavy atom. The van der Waals surface area contributed by atoms with Crippen LogP contribution in [0.4, 0.5) is 0 Å². The molecule has 0 fully saturated rings. The maximum Gasteiger partial charge on any atom is 0.157 e. The average Bonchev–Trinajstić information content (AvgIpc) is 3.23. The van der Waals surface area contributed by atoms with E-state index in [4.69, 9.17) is 9.97 Å². The van der Waals surface area contributed by atoms with Crippen molar-refractivity contribution >= 4 is 11.3 Å². The second-order valence-corrected chi connectivity index (χ2v) is 6.69. The van der Waals surface area contributed by atoms with Crippen LogP contribution in [0.3, 0.4) is 0 Å². The molecule has 4 heteroatoms. The zero-order chi connectivity index (χ0) is 16.5. The second kappa shape index (κ2) is 6.06. The van der Waals surface area contributed by atoms with Crippen LogP contribution in [0.25, 0.3) is 33.3 Å². The van der Waals surface area contributed by atoms with Crippen LogP contribution in [0.2, 0.25) is 0 Å². The Morgan fingerprint density at radius 2 is 1.58 bits per heavy atom. The predicted molar refractivity (Wildman–Crippen MR) is 100 cm³/mol. The molecule has 4 rings (SSSR count). The fraction of sp³-hybridized carbons (Fsp3) is 0.100. The lowest BCUT2D eigenvalue weighted by atomic mass is 10.1. The number of nitrogens with one attached hydrogen (secondary N) is 1. The lowest BCUT2D eigenvalue weighted by Crippen LogP contribution is -1.82. The highest BCUT2D eigenvalue weighted by atomic mass is 32.1. The molecule has 0 saturated carbocycles. The molecule has 0 amide bonds. The molecule has 0 bridgehead atoms. The van der Waals surface area contributed by atoms with E-state index >= 15 is 0 Å². The number of benzene rings is 2. The van der Waals surface area contributed by atoms with Gasteiger partial charge in [-0.05, 0) is 13.8 Å². The monoisotopic (exact) mass is 331 g/mol. The van der Waals surface area contributed by atoms with Gasteiger partial charge in [-0.3, -0.25) is 0 Å². The van der Waals surface area contributed by atoms with Crippen molar-refractivity contribution in [2.45, 2.75) is 13.8 Å². The number of nitrogens with zero attached hydrogens (tertiary/aromatic N) is 2. The standard InChI is InChI=1S/C20H17N3S/c1-13-8-10-16(11-9-13)20-22-17(12-24-20)19-21-14(2)18(23-19)15-6-4-3-5-7-15/h3-12H,1-2H3,(H,21,23). The summed E-state index contributed by atoms with van der Waals surface area (Å²) in [7, 11) is 0. The average molecular weight is 331 g/mol. The summed E-state index contributed by atoms with van der Waals surface area (Å²) in [6, 6.07) is 18.7. The normalized spacial score (nSPS) is 10.9. The van der Waals surface area contributed by atoms with Crippen molar-refractivity contribution in [3.8, 4) is 33.3 Å². The van der Waals surface area contributed by atoms with Crippen molar-refractivity contribution in [1.29, 1.82) is 0 Å². The summed E-state index contributed by atoms with van der Waals surface area (Å²) in [6.07, 6.45) is 0. The quantitative estimate of drug-likeness (QED) is 0.540. The number of hydrogen-bond acceptors (Lipinski definition) is 3. The fourth-order valence-electron chi connectivity index (χ4n) is 2.67. The molecule has 2 aromatic carbocycles. The molecule has 0 atom stereocenters. The van der Waals surface area contributed by atoms with Crippen LogP contribution in [0.5, 0.6) is 0 Å². The molecule has 4 aromatic rings. The number of thiazole rings is 1. The predicted octanol–water partition coefficient (Wildman–Crippen LogP) is 5.48. The zero-order valence-electron chi connectivity index (χ0n) is 13.6. The Hall–Kier alpha value is -2.72. The summed E-state index contributed by atoms with van der Waals surface area (Å²) in [6.45, 7) is 4.14. The summed E-state index contributed by atoms with van der Waals surface area (Å²) in [5.41, 5.74) is 6.44. The zero-order valence-corrected chi connectivity index (χ0v) is 14.4. The van der Waals surface area contributed by atoms with Crippen molar-refractivity contribution in [2.75, 3.05) is 0 Å². The number of H-pyrrole nitrogens is 1. The number of aromatic amines is 1. The van der Waals surface area contributed by atoms with E-state index in [0.717, 1.165) is 39.0 Å². The third-order valence-corrected chi connectivity index (χ3v) is 4.87. The maximum absolute atomic E-state index is 4.76. The molecule has 0 saturated heterocycles. The van der Waals surface area contributed by atoms with Crippen molar-refractivity contribution in [3.63, 3.8) is 0 Å². The third-order valence-electron chi connectivity index (χ3n) is 3.98. The van der Waals surface area contributed by atoms with Gasteiger partial charge in [0.05, 0.1) is 5.69 Å². The Morgan fingerprint density at radius 3 is 2.33 bits per heavy atom. The molecule has 3 nitrogen and oxygen atoms in total. The molecular formula is C20H17N3S. The van der Waals surface area contributed by atoms with Gasteiger partial charge in [0.2, 0.25) is 0 Å². The lowest BCUT2D eigenvalue weighted by Gasteiger charge is -1.96. The summed E-state index contributed by atoms with van der Waals surface area (Å²) < 4.78 is 0. The van der Waals surface area contributed by atoms with Crippen molar-refractivity contribution < 1.29 is 0 Å². The van der Waals surface area contributed by atoms with Gasteiger partial charge >= 0.3 is 0 Å². The fourth-order valence-corrected chi connectivity index (χ4v) is 3.48. The van der Waals surface area contributed by atoms with E-state index in [9.17, 15) is 0 Å². The molecule has 0 spiro atoms. The second-order valence-electron chi connectivity index (χ2n) is 5.83. The molecular weight excluding hydrogens is 314 g/mol. The summed E-state index contributed by atoms with van der Waals surface area (Å²) in [4.78, 5) is 12.9. The minimum Gasteiger partial charge on any atom is -0.340 e. The van der Waals surface area contributed by atoms with Gasteiger partial charge in [0.1, 0.15) is 10.7 Å². The van der Waals surface area contributed by atoms with Gasteiger partial charge in [-0.2, -0.15) is 0 Å². The molecule has 0 radical (unpaired) electrons. The van der Waals surface area contributed by atoms with Gasteiger partial charge in [0.25, 0.3) is 0 Å². The molecule has 0 aliphatic rings. The summed E-state index contributed by atoms with van der Waals surface area (Å²) in [5, 5.41) is 3.07. The number of hydrogen-bond donors (Lipinski definition) is 1. The first-order valence-electron chi connectivity index (χ1n) is 7.85. The number of imidazole rings is 1. The molecule has 2 aromatic heterocycles. The molecule has 0 aliphatic carbocycles. The van der Waals surface area contributed by atoms with Gasteiger partial charge in [-0.25, -0.2) is 9.97 Å². The van der Waals surface area contributed by atoms with Crippen LogP contribution < -0.4 is 0 Å². The van der Waals surface area contributed by atoms with E-state index in [0.29, 0.717) is 0 Å². The first kappa shape index (κ1) is 14.8. The highest BCUT2D eigenvalue weighted by Gasteiger charge is 2.13. The molecule has 118 valence electrons. The Labute approximate surface area is 145 Å². The SMILES string of the molecule is Cc1ccc(-c2nc(-c3nc(-c4ccccc4)c(C)[nH]3)cs2)cc1. The first-order valence-corrected chi connectivity index (χ1v) is 8.73. The lowest BCUT2D eigenvalue weighted by molar-refractivity contribution is 1.22.